The number of aliphatic hydroxyl groups excluding tert-OH is 1. The molecule has 0 aromatic heterocycles. The monoisotopic (exact) mass is 493 g/mol. The van der Waals surface area contributed by atoms with Crippen LogP contribution in [0.3, 0.4) is 0 Å². The maximum atomic E-state index is 12.7. The van der Waals surface area contributed by atoms with Gasteiger partial charge in [-0.15, -0.1) is 0 Å². The van der Waals surface area contributed by atoms with E-state index in [0.29, 0.717) is 27.9 Å². The van der Waals surface area contributed by atoms with Crippen molar-refractivity contribution < 1.29 is 19.4 Å². The highest BCUT2D eigenvalue weighted by Crippen LogP contribution is 2.28. The average Bonchev–Trinajstić information content (AvgIpc) is 2.80. The molecule has 7 nitrogen and oxygen atoms in total. The zero-order valence-corrected chi connectivity index (χ0v) is 20.0. The quantitative estimate of drug-likeness (QED) is 0.498. The van der Waals surface area contributed by atoms with Crippen LogP contribution >= 0.6 is 23.2 Å². The van der Waals surface area contributed by atoms with E-state index in [1.807, 2.05) is 6.07 Å². The molecule has 178 valence electrons. The number of nitrogens with zero attached hydrogens (tertiary/aromatic N) is 1. The van der Waals surface area contributed by atoms with Gasteiger partial charge in [-0.1, -0.05) is 53.5 Å². The van der Waals surface area contributed by atoms with Gasteiger partial charge in [0.25, 0.3) is 0 Å². The second-order valence-corrected chi connectivity index (χ2v) is 8.95. The van der Waals surface area contributed by atoms with Crippen molar-refractivity contribution in [3.05, 3.63) is 64.1 Å². The van der Waals surface area contributed by atoms with Crippen LogP contribution in [0, 0.1) is 0 Å². The third-order valence-corrected chi connectivity index (χ3v) is 6.19. The zero-order chi connectivity index (χ0) is 23.8. The standard InChI is InChI=1S/C24H29Cl2N3O4/c1-16(30)28-23(17-5-3-2-4-6-17)24(32)27-14-18(31)15-29-11-9-19(10-12-29)33-20-7-8-21(25)22(26)13-20/h2-8,13,18-19,23,31H,9-12,14-15H2,1H3,(H,27,32)(H,28,30)/t18-,23+/m1/s1. The first kappa shape index (κ1) is 25.3. The lowest BCUT2D eigenvalue weighted by Crippen LogP contribution is -2.47. The van der Waals surface area contributed by atoms with Gasteiger partial charge in [0.15, 0.2) is 0 Å². The summed E-state index contributed by atoms with van der Waals surface area (Å²) < 4.78 is 6.00. The number of hydrogen-bond donors (Lipinski definition) is 3. The Hall–Kier alpha value is -2.32. The number of halogens is 2. The second kappa shape index (κ2) is 12.2. The third kappa shape index (κ3) is 7.89. The number of carbonyl (C=O) groups excluding carboxylic acids is 2. The lowest BCUT2D eigenvalue weighted by molar-refractivity contribution is -0.128. The Bertz CT molecular complexity index is 937. The summed E-state index contributed by atoms with van der Waals surface area (Å²) >= 11 is 12.0. The fourth-order valence-electron chi connectivity index (χ4n) is 3.78. The molecule has 1 fully saturated rings. The molecule has 2 aromatic carbocycles. The van der Waals surface area contributed by atoms with Crippen molar-refractivity contribution in [3.63, 3.8) is 0 Å². The molecule has 3 rings (SSSR count). The molecule has 9 heteroatoms. The van der Waals surface area contributed by atoms with Crippen LogP contribution in [0.1, 0.15) is 31.4 Å². The Kier molecular flexibility index (Phi) is 9.38. The molecule has 2 atom stereocenters. The summed E-state index contributed by atoms with van der Waals surface area (Å²) in [6.07, 6.45) is 0.977. The van der Waals surface area contributed by atoms with Crippen molar-refractivity contribution in [2.24, 2.45) is 0 Å². The van der Waals surface area contributed by atoms with Crippen LogP contribution in [-0.2, 0) is 9.59 Å². The number of hydrogen-bond acceptors (Lipinski definition) is 5. The lowest BCUT2D eigenvalue weighted by Gasteiger charge is -2.33. The fourth-order valence-corrected chi connectivity index (χ4v) is 4.07. The van der Waals surface area contributed by atoms with Crippen LogP contribution < -0.4 is 15.4 Å². The van der Waals surface area contributed by atoms with Crippen molar-refractivity contribution in [2.75, 3.05) is 26.2 Å². The van der Waals surface area contributed by atoms with Gasteiger partial charge in [0.05, 0.1) is 16.1 Å². The number of amides is 2. The normalized spacial score (nSPS) is 16.6. The Balaban J connectivity index is 1.42. The van der Waals surface area contributed by atoms with E-state index in [1.54, 1.807) is 42.5 Å². The highest BCUT2D eigenvalue weighted by atomic mass is 35.5. The lowest BCUT2D eigenvalue weighted by atomic mass is 10.1. The van der Waals surface area contributed by atoms with Crippen LogP contribution in [-0.4, -0.2) is 60.2 Å². The summed E-state index contributed by atoms with van der Waals surface area (Å²) in [6, 6.07) is 13.4. The number of β-amino-alcohol motifs (C(OH)–C–C–N with tert-alkyl or cyclic N) is 1. The van der Waals surface area contributed by atoms with Crippen molar-refractivity contribution in [3.8, 4) is 5.75 Å². The van der Waals surface area contributed by atoms with Gasteiger partial charge < -0.3 is 25.4 Å². The number of aliphatic hydroxyl groups is 1. The van der Waals surface area contributed by atoms with Crippen LogP contribution in [0.15, 0.2) is 48.5 Å². The van der Waals surface area contributed by atoms with E-state index < -0.39 is 12.1 Å². The number of piperidine rings is 1. The Labute approximate surface area is 204 Å². The molecule has 0 bridgehead atoms. The fraction of sp³-hybridized carbons (Fsp3) is 0.417. The Morgan fingerprint density at radius 2 is 1.82 bits per heavy atom. The van der Waals surface area contributed by atoms with Crippen molar-refractivity contribution in [1.29, 1.82) is 0 Å². The minimum atomic E-state index is -0.801. The number of carbonyl (C=O) groups is 2. The predicted octanol–water partition coefficient (Wildman–Crippen LogP) is 3.19. The molecule has 1 saturated heterocycles. The molecule has 1 aliphatic rings. The van der Waals surface area contributed by atoms with E-state index in [4.69, 9.17) is 27.9 Å². The molecule has 0 radical (unpaired) electrons. The van der Waals surface area contributed by atoms with E-state index in [1.165, 1.54) is 6.92 Å². The molecule has 3 N–H and O–H groups in total. The van der Waals surface area contributed by atoms with Crippen molar-refractivity contribution in [1.82, 2.24) is 15.5 Å². The van der Waals surface area contributed by atoms with Crippen LogP contribution in [0.4, 0.5) is 0 Å². The molecule has 1 heterocycles. The van der Waals surface area contributed by atoms with Gasteiger partial charge in [-0.3, -0.25) is 9.59 Å². The molecule has 33 heavy (non-hydrogen) atoms. The highest BCUT2D eigenvalue weighted by Gasteiger charge is 2.24. The summed E-state index contributed by atoms with van der Waals surface area (Å²) in [5, 5.41) is 16.8. The first-order valence-electron chi connectivity index (χ1n) is 10.9. The van der Waals surface area contributed by atoms with Crippen molar-refractivity contribution in [2.45, 2.75) is 38.0 Å². The molecule has 0 unspecified atom stereocenters. The first-order chi connectivity index (χ1) is 15.8. The molecule has 0 aliphatic carbocycles. The number of benzene rings is 2. The summed E-state index contributed by atoms with van der Waals surface area (Å²) in [7, 11) is 0. The SMILES string of the molecule is CC(=O)N[C@H](C(=O)NC[C@@H](O)CN1CCC(Oc2ccc(Cl)c(Cl)c2)CC1)c1ccccc1. The topological polar surface area (TPSA) is 90.9 Å². The molecule has 2 amide bonds. The van der Waals surface area contributed by atoms with E-state index in [2.05, 4.69) is 15.5 Å². The van der Waals surface area contributed by atoms with Gasteiger partial charge in [-0.2, -0.15) is 0 Å². The number of rotatable bonds is 9. The Morgan fingerprint density at radius 3 is 2.45 bits per heavy atom. The number of likely N-dealkylation sites (tertiary alicyclic amines) is 1. The third-order valence-electron chi connectivity index (χ3n) is 5.45. The van der Waals surface area contributed by atoms with Crippen LogP contribution in [0.25, 0.3) is 0 Å². The molecule has 2 aromatic rings. The van der Waals surface area contributed by atoms with Gasteiger partial charge in [0.1, 0.15) is 17.9 Å². The van der Waals surface area contributed by atoms with E-state index in [-0.39, 0.29) is 24.5 Å². The summed E-state index contributed by atoms with van der Waals surface area (Å²) in [5.41, 5.74) is 0.684. The molecule has 0 saturated carbocycles. The van der Waals surface area contributed by atoms with Crippen LogP contribution in [0.2, 0.25) is 10.0 Å². The van der Waals surface area contributed by atoms with Gasteiger partial charge >= 0.3 is 0 Å². The maximum Gasteiger partial charge on any atom is 0.247 e. The molecule has 0 spiro atoms. The van der Waals surface area contributed by atoms with E-state index in [9.17, 15) is 14.7 Å². The minimum absolute atomic E-state index is 0.0691. The smallest absolute Gasteiger partial charge is 0.247 e. The molecular weight excluding hydrogens is 465 g/mol. The maximum absolute atomic E-state index is 12.7. The molecule has 1 aliphatic heterocycles. The summed E-state index contributed by atoms with van der Waals surface area (Å²) in [4.78, 5) is 26.3. The number of ether oxygens (including phenoxy) is 1. The summed E-state index contributed by atoms with van der Waals surface area (Å²) in [5.74, 6) is 0.0347. The highest BCUT2D eigenvalue weighted by molar-refractivity contribution is 6.42. The van der Waals surface area contributed by atoms with E-state index >= 15 is 0 Å². The van der Waals surface area contributed by atoms with Gasteiger partial charge in [0.2, 0.25) is 11.8 Å². The average molecular weight is 494 g/mol. The van der Waals surface area contributed by atoms with Crippen LogP contribution in [0.5, 0.6) is 5.75 Å². The summed E-state index contributed by atoms with van der Waals surface area (Å²) in [6.45, 7) is 3.45. The van der Waals surface area contributed by atoms with E-state index in [0.717, 1.165) is 25.9 Å². The molecular formula is C24H29Cl2N3O4. The second-order valence-electron chi connectivity index (χ2n) is 8.14. The van der Waals surface area contributed by atoms with Gasteiger partial charge in [-0.25, -0.2) is 0 Å². The minimum Gasteiger partial charge on any atom is -0.490 e. The zero-order valence-electron chi connectivity index (χ0n) is 18.5. The van der Waals surface area contributed by atoms with Crippen molar-refractivity contribution >= 4 is 35.0 Å². The predicted molar refractivity (Wildman–Crippen MR) is 129 cm³/mol. The first-order valence-corrected chi connectivity index (χ1v) is 11.7. The van der Waals surface area contributed by atoms with Gasteiger partial charge in [-0.05, 0) is 30.5 Å². The van der Waals surface area contributed by atoms with Gasteiger partial charge in [0, 0.05) is 39.2 Å². The Morgan fingerprint density at radius 1 is 1.12 bits per heavy atom. The largest absolute Gasteiger partial charge is 0.490 e. The number of nitrogens with one attached hydrogen (secondary N) is 2.